The molecule has 1 aromatic heterocycles. The van der Waals surface area contributed by atoms with Crippen LogP contribution in [0.2, 0.25) is 0 Å². The number of nitrogens with one attached hydrogen (secondary N) is 1. The zero-order valence-electron chi connectivity index (χ0n) is 10.6. The number of nitrogens with zero attached hydrogens (tertiary/aromatic N) is 3. The van der Waals surface area contributed by atoms with E-state index >= 15 is 0 Å². The molecule has 1 N–H and O–H groups in total. The van der Waals surface area contributed by atoms with Crippen LogP contribution in [0.3, 0.4) is 0 Å². The Bertz CT molecular complexity index is 343. The highest BCUT2D eigenvalue weighted by atomic mass is 16.5. The zero-order chi connectivity index (χ0) is 12.1. The Morgan fingerprint density at radius 3 is 2.81 bits per heavy atom. The minimum atomic E-state index is 0.281. The Kier molecular flexibility index (Phi) is 4.49. The van der Waals surface area contributed by atoms with Gasteiger partial charge in [-0.1, -0.05) is 0 Å². The lowest BCUT2D eigenvalue weighted by atomic mass is 10.2. The fourth-order valence-electron chi connectivity index (χ4n) is 1.47. The van der Waals surface area contributed by atoms with Gasteiger partial charge in [0.25, 0.3) is 0 Å². The molecule has 0 aliphatic rings. The molecule has 1 rings (SSSR count). The average molecular weight is 224 g/mol. The van der Waals surface area contributed by atoms with Crippen LogP contribution in [0.4, 0.5) is 11.8 Å². The van der Waals surface area contributed by atoms with E-state index in [1.807, 2.05) is 27.2 Å². The van der Waals surface area contributed by atoms with Crippen molar-refractivity contribution in [3.63, 3.8) is 0 Å². The summed E-state index contributed by atoms with van der Waals surface area (Å²) in [5.41, 5.74) is 1.06. The van der Waals surface area contributed by atoms with Gasteiger partial charge in [0.2, 0.25) is 5.95 Å². The van der Waals surface area contributed by atoms with Crippen molar-refractivity contribution >= 4 is 11.8 Å². The van der Waals surface area contributed by atoms with Gasteiger partial charge in [-0.3, -0.25) is 0 Å². The first-order valence-corrected chi connectivity index (χ1v) is 5.33. The topological polar surface area (TPSA) is 50.3 Å². The Hall–Kier alpha value is -1.36. The number of hydrogen-bond acceptors (Lipinski definition) is 5. The quantitative estimate of drug-likeness (QED) is 0.817. The first kappa shape index (κ1) is 12.7. The molecule has 16 heavy (non-hydrogen) atoms. The molecule has 0 saturated heterocycles. The van der Waals surface area contributed by atoms with E-state index in [0.29, 0.717) is 12.6 Å². The summed E-state index contributed by atoms with van der Waals surface area (Å²) in [6, 6.07) is 0.281. The van der Waals surface area contributed by atoms with Gasteiger partial charge in [-0.15, -0.1) is 0 Å². The molecule has 0 saturated carbocycles. The third-order valence-electron chi connectivity index (χ3n) is 2.57. The molecular formula is C11H20N4O. The summed E-state index contributed by atoms with van der Waals surface area (Å²) in [5.74, 6) is 1.57. The monoisotopic (exact) mass is 224 g/mol. The second-order valence-electron chi connectivity index (χ2n) is 3.87. The Balaban J connectivity index is 2.92. The molecule has 0 aliphatic carbocycles. The highest BCUT2D eigenvalue weighted by Crippen LogP contribution is 2.18. The lowest BCUT2D eigenvalue weighted by Crippen LogP contribution is -2.33. The summed E-state index contributed by atoms with van der Waals surface area (Å²) >= 11 is 0. The van der Waals surface area contributed by atoms with Crippen molar-refractivity contribution in [1.29, 1.82) is 0 Å². The first-order valence-electron chi connectivity index (χ1n) is 5.33. The summed E-state index contributed by atoms with van der Waals surface area (Å²) in [6.07, 6.45) is 1.82. The van der Waals surface area contributed by atoms with Crippen molar-refractivity contribution < 1.29 is 4.74 Å². The van der Waals surface area contributed by atoms with Gasteiger partial charge >= 0.3 is 0 Å². The van der Waals surface area contributed by atoms with E-state index in [0.717, 1.165) is 11.4 Å². The van der Waals surface area contributed by atoms with E-state index in [1.54, 1.807) is 7.11 Å². The van der Waals surface area contributed by atoms with Gasteiger partial charge in [0, 0.05) is 33.0 Å². The van der Waals surface area contributed by atoms with Gasteiger partial charge in [-0.05, 0) is 13.8 Å². The Labute approximate surface area is 96.8 Å². The predicted octanol–water partition coefficient (Wildman–Crippen LogP) is 1.30. The van der Waals surface area contributed by atoms with E-state index in [-0.39, 0.29) is 6.04 Å². The van der Waals surface area contributed by atoms with Gasteiger partial charge in [-0.2, -0.15) is 4.98 Å². The van der Waals surface area contributed by atoms with E-state index in [4.69, 9.17) is 4.74 Å². The smallest absolute Gasteiger partial charge is 0.224 e. The van der Waals surface area contributed by atoms with Gasteiger partial charge in [0.1, 0.15) is 5.82 Å². The fraction of sp³-hybridized carbons (Fsp3) is 0.636. The number of methoxy groups -OCH3 is 1. The highest BCUT2D eigenvalue weighted by molar-refractivity contribution is 5.48. The molecule has 0 aromatic carbocycles. The third kappa shape index (κ3) is 2.82. The summed E-state index contributed by atoms with van der Waals surface area (Å²) in [4.78, 5) is 10.7. The molecule has 1 unspecified atom stereocenters. The fourth-order valence-corrected chi connectivity index (χ4v) is 1.47. The van der Waals surface area contributed by atoms with Crippen LogP contribution in [-0.4, -0.2) is 43.8 Å². The molecular weight excluding hydrogens is 204 g/mol. The number of likely N-dealkylation sites (N-methyl/N-ethyl adjacent to an activating group) is 1. The van der Waals surface area contributed by atoms with E-state index in [2.05, 4.69) is 27.1 Å². The normalized spacial score (nSPS) is 12.3. The standard InChI is InChI=1S/C11H20N4O/c1-8-6-13-11(12-3)14-10(8)15(4)9(2)7-16-5/h6,9H,7H2,1-5H3,(H,12,13,14). The van der Waals surface area contributed by atoms with Gasteiger partial charge in [0.15, 0.2) is 0 Å². The molecule has 0 aliphatic heterocycles. The van der Waals surface area contributed by atoms with Crippen molar-refractivity contribution in [1.82, 2.24) is 9.97 Å². The number of anilines is 2. The maximum absolute atomic E-state index is 5.14. The van der Waals surface area contributed by atoms with Crippen LogP contribution in [-0.2, 0) is 4.74 Å². The molecule has 90 valence electrons. The number of aromatic nitrogens is 2. The SMILES string of the molecule is CNc1ncc(C)c(N(C)C(C)COC)n1. The number of hydrogen-bond donors (Lipinski definition) is 1. The van der Waals surface area contributed by atoms with Gasteiger partial charge in [-0.25, -0.2) is 4.98 Å². The summed E-state index contributed by atoms with van der Waals surface area (Å²) in [5, 5.41) is 2.94. The maximum Gasteiger partial charge on any atom is 0.224 e. The molecule has 0 bridgehead atoms. The van der Waals surface area contributed by atoms with Gasteiger partial charge in [0.05, 0.1) is 12.6 Å². The summed E-state index contributed by atoms with van der Waals surface area (Å²) < 4.78 is 5.14. The molecule has 0 fully saturated rings. The number of rotatable bonds is 5. The minimum absolute atomic E-state index is 0.281. The van der Waals surface area contributed by atoms with Crippen LogP contribution in [0.15, 0.2) is 6.20 Å². The maximum atomic E-state index is 5.14. The summed E-state index contributed by atoms with van der Waals surface area (Å²) in [6.45, 7) is 4.78. The Morgan fingerprint density at radius 1 is 1.56 bits per heavy atom. The van der Waals surface area contributed by atoms with E-state index < -0.39 is 0 Å². The van der Waals surface area contributed by atoms with Crippen molar-refractivity contribution in [3.8, 4) is 0 Å². The Morgan fingerprint density at radius 2 is 2.25 bits per heavy atom. The van der Waals surface area contributed by atoms with Crippen molar-refractivity contribution in [3.05, 3.63) is 11.8 Å². The second kappa shape index (κ2) is 5.65. The lowest BCUT2D eigenvalue weighted by molar-refractivity contribution is 0.183. The molecule has 1 heterocycles. The van der Waals surface area contributed by atoms with Crippen LogP contribution >= 0.6 is 0 Å². The molecule has 0 spiro atoms. The number of aryl methyl sites for hydroxylation is 1. The first-order chi connectivity index (χ1) is 7.60. The summed E-state index contributed by atoms with van der Waals surface area (Å²) in [7, 11) is 5.53. The van der Waals surface area contributed by atoms with Crippen LogP contribution in [0, 0.1) is 6.92 Å². The number of ether oxygens (including phenoxy) is 1. The molecule has 5 heteroatoms. The van der Waals surface area contributed by atoms with Crippen LogP contribution in [0.5, 0.6) is 0 Å². The molecule has 5 nitrogen and oxygen atoms in total. The zero-order valence-corrected chi connectivity index (χ0v) is 10.6. The van der Waals surface area contributed by atoms with Crippen LogP contribution < -0.4 is 10.2 Å². The van der Waals surface area contributed by atoms with E-state index in [9.17, 15) is 0 Å². The van der Waals surface area contributed by atoms with Crippen LogP contribution in [0.1, 0.15) is 12.5 Å². The minimum Gasteiger partial charge on any atom is -0.383 e. The van der Waals surface area contributed by atoms with Gasteiger partial charge < -0.3 is 15.0 Å². The predicted molar refractivity (Wildman–Crippen MR) is 66.1 cm³/mol. The molecule has 1 aromatic rings. The molecule has 1 atom stereocenters. The molecule has 0 radical (unpaired) electrons. The van der Waals surface area contributed by atoms with E-state index in [1.165, 1.54) is 0 Å². The largest absolute Gasteiger partial charge is 0.383 e. The second-order valence-corrected chi connectivity index (χ2v) is 3.87. The van der Waals surface area contributed by atoms with Crippen molar-refractivity contribution in [2.45, 2.75) is 19.9 Å². The lowest BCUT2D eigenvalue weighted by Gasteiger charge is -2.26. The van der Waals surface area contributed by atoms with Crippen LogP contribution in [0.25, 0.3) is 0 Å². The average Bonchev–Trinajstić information content (AvgIpc) is 2.29. The molecule has 0 amide bonds. The van der Waals surface area contributed by atoms with Crippen molar-refractivity contribution in [2.24, 2.45) is 0 Å². The highest BCUT2D eigenvalue weighted by Gasteiger charge is 2.14. The third-order valence-corrected chi connectivity index (χ3v) is 2.57. The van der Waals surface area contributed by atoms with Crippen molar-refractivity contribution in [2.75, 3.05) is 38.0 Å².